The first-order valence-corrected chi connectivity index (χ1v) is 4.72. The van der Waals surface area contributed by atoms with Gasteiger partial charge in [0.25, 0.3) is 0 Å². The van der Waals surface area contributed by atoms with Crippen LogP contribution >= 0.6 is 0 Å². The van der Waals surface area contributed by atoms with Gasteiger partial charge in [0.1, 0.15) is 17.1 Å². The number of benzene rings is 1. The normalized spacial score (nSPS) is 18.2. The molecule has 0 fully saturated rings. The van der Waals surface area contributed by atoms with Crippen molar-refractivity contribution in [2.24, 2.45) is 0 Å². The SMILES string of the molecule is COc1ccc2c(c1)[C]CC(C)(C)O2. The molecule has 0 N–H and O–H groups in total. The summed E-state index contributed by atoms with van der Waals surface area (Å²) in [6, 6.07) is 5.79. The summed E-state index contributed by atoms with van der Waals surface area (Å²) in [5, 5.41) is 0. The van der Waals surface area contributed by atoms with Crippen LogP contribution in [0, 0.1) is 6.42 Å². The van der Waals surface area contributed by atoms with Crippen LogP contribution < -0.4 is 9.47 Å². The van der Waals surface area contributed by atoms with Gasteiger partial charge < -0.3 is 9.47 Å². The minimum Gasteiger partial charge on any atom is -0.497 e. The Kier molecular flexibility index (Phi) is 2.14. The molecule has 0 atom stereocenters. The van der Waals surface area contributed by atoms with E-state index in [2.05, 4.69) is 20.3 Å². The van der Waals surface area contributed by atoms with E-state index in [1.165, 1.54) is 0 Å². The lowest BCUT2D eigenvalue weighted by Crippen LogP contribution is -2.31. The molecule has 74 valence electrons. The van der Waals surface area contributed by atoms with Gasteiger partial charge in [0, 0.05) is 12.0 Å². The molecule has 2 nitrogen and oxygen atoms in total. The minimum absolute atomic E-state index is 0.137. The molecule has 1 heterocycles. The minimum atomic E-state index is -0.137. The second-order valence-corrected chi connectivity index (χ2v) is 4.08. The molecule has 2 radical (unpaired) electrons. The molecule has 0 saturated carbocycles. The van der Waals surface area contributed by atoms with Crippen LogP contribution in [0.2, 0.25) is 0 Å². The Hall–Kier alpha value is -1.18. The average molecular weight is 190 g/mol. The van der Waals surface area contributed by atoms with Crippen LogP contribution in [-0.2, 0) is 0 Å². The second-order valence-electron chi connectivity index (χ2n) is 4.08. The molecule has 0 aromatic heterocycles. The van der Waals surface area contributed by atoms with Gasteiger partial charge in [0.2, 0.25) is 0 Å². The van der Waals surface area contributed by atoms with Crippen molar-refractivity contribution in [1.82, 2.24) is 0 Å². The fourth-order valence-electron chi connectivity index (χ4n) is 1.51. The molecule has 14 heavy (non-hydrogen) atoms. The van der Waals surface area contributed by atoms with E-state index in [-0.39, 0.29) is 5.60 Å². The average Bonchev–Trinajstić information content (AvgIpc) is 2.16. The fraction of sp³-hybridized carbons (Fsp3) is 0.417. The maximum absolute atomic E-state index is 5.80. The molecule has 0 amide bonds. The monoisotopic (exact) mass is 190 g/mol. The summed E-state index contributed by atoms with van der Waals surface area (Å²) < 4.78 is 10.9. The Morgan fingerprint density at radius 2 is 2.21 bits per heavy atom. The first kappa shape index (κ1) is 9.38. The van der Waals surface area contributed by atoms with Crippen molar-refractivity contribution >= 4 is 0 Å². The first-order valence-electron chi connectivity index (χ1n) is 4.72. The maximum atomic E-state index is 5.80. The summed E-state index contributed by atoms with van der Waals surface area (Å²) in [5.41, 5.74) is 0.866. The van der Waals surface area contributed by atoms with Gasteiger partial charge in [-0.25, -0.2) is 0 Å². The van der Waals surface area contributed by atoms with Crippen molar-refractivity contribution in [2.75, 3.05) is 7.11 Å². The highest BCUT2D eigenvalue weighted by atomic mass is 16.5. The lowest BCUT2D eigenvalue weighted by molar-refractivity contribution is 0.0986. The Bertz CT molecular complexity index is 342. The van der Waals surface area contributed by atoms with Crippen LogP contribution in [0.1, 0.15) is 25.8 Å². The van der Waals surface area contributed by atoms with E-state index >= 15 is 0 Å². The second kappa shape index (κ2) is 3.19. The molecule has 1 aromatic rings. The largest absolute Gasteiger partial charge is 0.497 e. The first-order chi connectivity index (χ1) is 6.61. The van der Waals surface area contributed by atoms with E-state index in [0.717, 1.165) is 23.5 Å². The maximum Gasteiger partial charge on any atom is 0.124 e. The smallest absolute Gasteiger partial charge is 0.124 e. The van der Waals surface area contributed by atoms with Gasteiger partial charge in [-0.15, -0.1) is 0 Å². The lowest BCUT2D eigenvalue weighted by Gasteiger charge is -2.32. The third kappa shape index (κ3) is 1.69. The number of fused-ring (bicyclic) bond motifs is 1. The van der Waals surface area contributed by atoms with E-state index in [1.54, 1.807) is 7.11 Å². The quantitative estimate of drug-likeness (QED) is 0.677. The topological polar surface area (TPSA) is 18.5 Å². The molecule has 0 spiro atoms. The number of rotatable bonds is 1. The molecule has 0 aliphatic carbocycles. The zero-order valence-corrected chi connectivity index (χ0v) is 8.76. The number of ether oxygens (including phenoxy) is 2. The molecule has 2 heteroatoms. The Balaban J connectivity index is 2.32. The zero-order chi connectivity index (χ0) is 10.2. The predicted molar refractivity (Wildman–Crippen MR) is 54.7 cm³/mol. The highest BCUT2D eigenvalue weighted by Gasteiger charge is 2.26. The van der Waals surface area contributed by atoms with E-state index in [1.807, 2.05) is 18.2 Å². The highest BCUT2D eigenvalue weighted by molar-refractivity contribution is 5.46. The van der Waals surface area contributed by atoms with Gasteiger partial charge in [-0.1, -0.05) is 0 Å². The standard InChI is InChI=1S/C12H14O2/c1-12(2)7-6-9-8-10(13-3)4-5-11(9)14-12/h4-5,8H,7H2,1-3H3. The van der Waals surface area contributed by atoms with Crippen molar-refractivity contribution in [3.63, 3.8) is 0 Å². The van der Waals surface area contributed by atoms with E-state index < -0.39 is 0 Å². The van der Waals surface area contributed by atoms with Gasteiger partial charge in [0.05, 0.1) is 7.11 Å². The Morgan fingerprint density at radius 3 is 2.93 bits per heavy atom. The molecule has 1 aliphatic heterocycles. The predicted octanol–water partition coefficient (Wildman–Crippen LogP) is 2.69. The molecule has 0 bridgehead atoms. The van der Waals surface area contributed by atoms with Gasteiger partial charge in [-0.05, 0) is 38.5 Å². The van der Waals surface area contributed by atoms with Crippen LogP contribution in [0.15, 0.2) is 18.2 Å². The number of hydrogen-bond acceptors (Lipinski definition) is 2. The van der Waals surface area contributed by atoms with Crippen LogP contribution in [-0.4, -0.2) is 12.7 Å². The van der Waals surface area contributed by atoms with E-state index in [9.17, 15) is 0 Å². The van der Waals surface area contributed by atoms with Crippen molar-refractivity contribution in [2.45, 2.75) is 25.9 Å². The lowest BCUT2D eigenvalue weighted by atomic mass is 9.94. The van der Waals surface area contributed by atoms with Crippen LogP contribution in [0.25, 0.3) is 0 Å². The Labute approximate surface area is 84.8 Å². The summed E-state index contributed by atoms with van der Waals surface area (Å²) in [6.45, 7) is 4.13. The van der Waals surface area contributed by atoms with Gasteiger partial charge in [0.15, 0.2) is 0 Å². The van der Waals surface area contributed by atoms with Gasteiger partial charge in [-0.3, -0.25) is 0 Å². The summed E-state index contributed by atoms with van der Waals surface area (Å²) >= 11 is 0. The number of methoxy groups -OCH3 is 1. The molecular weight excluding hydrogens is 176 g/mol. The van der Waals surface area contributed by atoms with Crippen molar-refractivity contribution < 1.29 is 9.47 Å². The zero-order valence-electron chi connectivity index (χ0n) is 8.76. The van der Waals surface area contributed by atoms with E-state index in [0.29, 0.717) is 0 Å². The third-order valence-electron chi connectivity index (χ3n) is 2.28. The van der Waals surface area contributed by atoms with Gasteiger partial charge in [-0.2, -0.15) is 0 Å². The Morgan fingerprint density at radius 1 is 1.43 bits per heavy atom. The molecule has 0 saturated heterocycles. The number of hydrogen-bond donors (Lipinski definition) is 0. The van der Waals surface area contributed by atoms with Crippen LogP contribution in [0.3, 0.4) is 0 Å². The summed E-state index contributed by atoms with van der Waals surface area (Å²) in [6.07, 6.45) is 4.14. The summed E-state index contributed by atoms with van der Waals surface area (Å²) in [4.78, 5) is 0. The van der Waals surface area contributed by atoms with Gasteiger partial charge >= 0.3 is 0 Å². The summed E-state index contributed by atoms with van der Waals surface area (Å²) in [5.74, 6) is 1.74. The molecule has 1 aromatic carbocycles. The van der Waals surface area contributed by atoms with Crippen molar-refractivity contribution in [3.8, 4) is 11.5 Å². The van der Waals surface area contributed by atoms with Crippen molar-refractivity contribution in [1.29, 1.82) is 0 Å². The molecule has 0 unspecified atom stereocenters. The van der Waals surface area contributed by atoms with Crippen LogP contribution in [0.5, 0.6) is 11.5 Å². The van der Waals surface area contributed by atoms with E-state index in [4.69, 9.17) is 9.47 Å². The highest BCUT2D eigenvalue weighted by Crippen LogP contribution is 2.35. The fourth-order valence-corrected chi connectivity index (χ4v) is 1.51. The van der Waals surface area contributed by atoms with Crippen LogP contribution in [0.4, 0.5) is 0 Å². The molecular formula is C12H14O2. The summed E-state index contributed by atoms with van der Waals surface area (Å²) in [7, 11) is 1.66. The third-order valence-corrected chi connectivity index (χ3v) is 2.28. The molecule has 1 aliphatic rings. The molecule has 2 rings (SSSR count). The van der Waals surface area contributed by atoms with Crippen molar-refractivity contribution in [3.05, 3.63) is 30.2 Å².